The van der Waals surface area contributed by atoms with E-state index >= 15 is 0 Å². The molecule has 1 atom stereocenters. The number of esters is 1. The molecular weight excluding hydrogens is 268 g/mol. The Morgan fingerprint density at radius 3 is 2.89 bits per heavy atom. The minimum absolute atomic E-state index is 0.0318. The third-order valence-electron chi connectivity index (χ3n) is 2.38. The number of nitro benzene ring substituents is 1. The number of benzene rings is 1. The van der Waals surface area contributed by atoms with Crippen molar-refractivity contribution in [3.63, 3.8) is 0 Å². The fraction of sp³-hybridized carbons (Fsp3) is 0.167. The van der Waals surface area contributed by atoms with E-state index in [-0.39, 0.29) is 5.69 Å². The minimum atomic E-state index is -0.827. The maximum absolute atomic E-state index is 11.7. The average molecular weight is 276 g/mol. The van der Waals surface area contributed by atoms with Crippen molar-refractivity contribution in [3.8, 4) is 6.07 Å². The number of carbonyl (C=O) groups is 1. The zero-order chi connectivity index (χ0) is 14.0. The monoisotopic (exact) mass is 276 g/mol. The Kier molecular flexibility index (Phi) is 3.44. The van der Waals surface area contributed by atoms with Crippen LogP contribution in [0, 0.1) is 21.4 Å². The predicted molar refractivity (Wildman–Crippen MR) is 69.0 cm³/mol. The lowest BCUT2D eigenvalue weighted by Gasteiger charge is -2.02. The van der Waals surface area contributed by atoms with Gasteiger partial charge in [0.2, 0.25) is 0 Å². The number of hydrogen-bond donors (Lipinski definition) is 0. The maximum Gasteiger partial charge on any atom is 0.349 e. The van der Waals surface area contributed by atoms with Gasteiger partial charge in [0, 0.05) is 22.2 Å². The van der Waals surface area contributed by atoms with E-state index in [0.717, 1.165) is 4.70 Å². The zero-order valence-corrected chi connectivity index (χ0v) is 10.6. The van der Waals surface area contributed by atoms with Crippen LogP contribution in [-0.2, 0) is 4.74 Å². The molecule has 1 heterocycles. The highest BCUT2D eigenvalue weighted by atomic mass is 32.1. The number of nitro groups is 1. The molecule has 0 aliphatic carbocycles. The maximum atomic E-state index is 11.7. The Hall–Kier alpha value is -2.46. The summed E-state index contributed by atoms with van der Waals surface area (Å²) in [6.45, 7) is 1.47. The molecule has 6 nitrogen and oxygen atoms in total. The number of rotatable bonds is 3. The van der Waals surface area contributed by atoms with Gasteiger partial charge in [0.1, 0.15) is 10.9 Å². The lowest BCUT2D eigenvalue weighted by molar-refractivity contribution is -0.384. The van der Waals surface area contributed by atoms with Crippen LogP contribution in [0.15, 0.2) is 24.3 Å². The van der Waals surface area contributed by atoms with Gasteiger partial charge in [-0.1, -0.05) is 0 Å². The molecule has 7 heteroatoms. The molecule has 0 spiro atoms. The van der Waals surface area contributed by atoms with Crippen molar-refractivity contribution < 1.29 is 14.5 Å². The highest BCUT2D eigenvalue weighted by Gasteiger charge is 2.16. The summed E-state index contributed by atoms with van der Waals surface area (Å²) in [5.41, 5.74) is -0.0318. The van der Waals surface area contributed by atoms with Crippen LogP contribution >= 0.6 is 11.3 Å². The van der Waals surface area contributed by atoms with Gasteiger partial charge in [0.25, 0.3) is 5.69 Å². The molecule has 2 aromatic rings. The molecule has 19 heavy (non-hydrogen) atoms. The highest BCUT2D eigenvalue weighted by Crippen LogP contribution is 2.29. The second-order valence-electron chi connectivity index (χ2n) is 3.77. The molecule has 0 unspecified atom stereocenters. The third-order valence-corrected chi connectivity index (χ3v) is 3.47. The standard InChI is InChI=1S/C12H8N2O4S/c1-7(6-13)18-12(15)11-5-8-4-9(14(16)17)2-3-10(8)19-11/h2-5,7H,1H3/t7-/m1/s1. The van der Waals surface area contributed by atoms with Gasteiger partial charge in [0.15, 0.2) is 6.10 Å². The number of nitrogens with zero attached hydrogens (tertiary/aromatic N) is 2. The molecule has 0 aliphatic rings. The van der Waals surface area contributed by atoms with Crippen LogP contribution < -0.4 is 0 Å². The molecule has 0 N–H and O–H groups in total. The van der Waals surface area contributed by atoms with Crippen molar-refractivity contribution in [2.45, 2.75) is 13.0 Å². The molecule has 2 rings (SSSR count). The normalized spacial score (nSPS) is 11.8. The van der Waals surface area contributed by atoms with E-state index in [2.05, 4.69) is 0 Å². The Morgan fingerprint density at radius 2 is 2.26 bits per heavy atom. The summed E-state index contributed by atoms with van der Waals surface area (Å²) in [4.78, 5) is 22.2. The van der Waals surface area contributed by atoms with Gasteiger partial charge >= 0.3 is 5.97 Å². The molecular formula is C12H8N2O4S. The largest absolute Gasteiger partial charge is 0.443 e. The van der Waals surface area contributed by atoms with Crippen LogP contribution in [0.3, 0.4) is 0 Å². The number of thiophene rings is 1. The van der Waals surface area contributed by atoms with Gasteiger partial charge in [-0.05, 0) is 19.1 Å². The summed E-state index contributed by atoms with van der Waals surface area (Å²) < 4.78 is 5.62. The fourth-order valence-electron chi connectivity index (χ4n) is 1.49. The van der Waals surface area contributed by atoms with Crippen molar-refractivity contribution in [2.24, 2.45) is 0 Å². The summed E-state index contributed by atoms with van der Waals surface area (Å²) in [5, 5.41) is 19.8. The lowest BCUT2D eigenvalue weighted by atomic mass is 10.2. The number of fused-ring (bicyclic) bond motifs is 1. The summed E-state index contributed by atoms with van der Waals surface area (Å²) in [6, 6.07) is 7.69. The van der Waals surface area contributed by atoms with Crippen LogP contribution in [0.4, 0.5) is 5.69 Å². The van der Waals surface area contributed by atoms with Crippen LogP contribution in [0.2, 0.25) is 0 Å². The molecule has 0 bridgehead atoms. The third kappa shape index (κ3) is 2.69. The fourth-order valence-corrected chi connectivity index (χ4v) is 2.42. The number of nitriles is 1. The van der Waals surface area contributed by atoms with Crippen LogP contribution in [-0.4, -0.2) is 17.0 Å². The van der Waals surface area contributed by atoms with E-state index < -0.39 is 17.0 Å². The highest BCUT2D eigenvalue weighted by molar-refractivity contribution is 7.20. The Morgan fingerprint density at radius 1 is 1.53 bits per heavy atom. The van der Waals surface area contributed by atoms with Gasteiger partial charge in [0.05, 0.1) is 4.92 Å². The van der Waals surface area contributed by atoms with Crippen molar-refractivity contribution in [1.82, 2.24) is 0 Å². The topological polar surface area (TPSA) is 93.2 Å². The van der Waals surface area contributed by atoms with Crippen LogP contribution in [0.5, 0.6) is 0 Å². The molecule has 96 valence electrons. The molecule has 0 amide bonds. The predicted octanol–water partition coefficient (Wildman–Crippen LogP) is 2.88. The number of non-ortho nitro benzene ring substituents is 1. The van der Waals surface area contributed by atoms with Crippen molar-refractivity contribution in [3.05, 3.63) is 39.3 Å². The van der Waals surface area contributed by atoms with Gasteiger partial charge in [-0.2, -0.15) is 5.26 Å². The number of hydrogen-bond acceptors (Lipinski definition) is 6. The molecule has 1 aromatic carbocycles. The second-order valence-corrected chi connectivity index (χ2v) is 4.85. The summed E-state index contributed by atoms with van der Waals surface area (Å²) >= 11 is 1.17. The van der Waals surface area contributed by atoms with Gasteiger partial charge < -0.3 is 4.74 Å². The van der Waals surface area contributed by atoms with Gasteiger partial charge in [-0.3, -0.25) is 10.1 Å². The van der Waals surface area contributed by atoms with Crippen molar-refractivity contribution in [2.75, 3.05) is 0 Å². The van der Waals surface area contributed by atoms with E-state index in [1.165, 1.54) is 36.5 Å². The Labute approximate surface area is 112 Å². The van der Waals surface area contributed by atoms with E-state index in [1.54, 1.807) is 12.1 Å². The first kappa shape index (κ1) is 13.0. The SMILES string of the molecule is C[C@H](C#N)OC(=O)c1cc2cc([N+](=O)[O-])ccc2s1. The van der Waals surface area contributed by atoms with Gasteiger partial charge in [-0.25, -0.2) is 4.79 Å². The zero-order valence-electron chi connectivity index (χ0n) is 9.82. The first-order valence-corrected chi connectivity index (χ1v) is 6.11. The van der Waals surface area contributed by atoms with E-state index in [9.17, 15) is 14.9 Å². The molecule has 0 saturated heterocycles. The lowest BCUT2D eigenvalue weighted by Crippen LogP contribution is -2.11. The average Bonchev–Trinajstić information content (AvgIpc) is 2.81. The van der Waals surface area contributed by atoms with E-state index in [0.29, 0.717) is 10.3 Å². The second kappa shape index (κ2) is 5.04. The van der Waals surface area contributed by atoms with Crippen molar-refractivity contribution in [1.29, 1.82) is 5.26 Å². The summed E-state index contributed by atoms with van der Waals surface area (Å²) in [6.07, 6.45) is -0.827. The first-order valence-electron chi connectivity index (χ1n) is 5.30. The minimum Gasteiger partial charge on any atom is -0.443 e. The first-order chi connectivity index (χ1) is 9.01. The van der Waals surface area contributed by atoms with Gasteiger partial charge in [-0.15, -0.1) is 11.3 Å². The number of carbonyl (C=O) groups excluding carboxylic acids is 1. The Bertz CT molecular complexity index is 701. The quantitative estimate of drug-likeness (QED) is 0.488. The van der Waals surface area contributed by atoms with E-state index in [4.69, 9.17) is 10.00 Å². The van der Waals surface area contributed by atoms with Crippen LogP contribution in [0.1, 0.15) is 16.6 Å². The summed E-state index contributed by atoms with van der Waals surface area (Å²) in [5.74, 6) is -0.599. The van der Waals surface area contributed by atoms with Crippen molar-refractivity contribution >= 4 is 33.1 Å². The molecule has 0 aliphatic heterocycles. The smallest absolute Gasteiger partial charge is 0.349 e. The summed E-state index contributed by atoms with van der Waals surface area (Å²) in [7, 11) is 0. The Balaban J connectivity index is 2.34. The molecule has 0 radical (unpaired) electrons. The van der Waals surface area contributed by atoms with E-state index in [1.807, 2.05) is 0 Å². The number of ether oxygens (including phenoxy) is 1. The molecule has 0 fully saturated rings. The van der Waals surface area contributed by atoms with Crippen LogP contribution in [0.25, 0.3) is 10.1 Å². The molecule has 1 aromatic heterocycles. The molecule has 0 saturated carbocycles.